The number of hydrogen-bond donors (Lipinski definition) is 1. The van der Waals surface area contributed by atoms with Crippen LogP contribution in [0.4, 0.5) is 5.82 Å². The fourth-order valence-electron chi connectivity index (χ4n) is 2.03. The van der Waals surface area contributed by atoms with Crippen molar-refractivity contribution in [3.63, 3.8) is 0 Å². The summed E-state index contributed by atoms with van der Waals surface area (Å²) in [6, 6.07) is -0.505. The summed E-state index contributed by atoms with van der Waals surface area (Å²) in [6.07, 6.45) is 2.09. The third kappa shape index (κ3) is 2.39. The highest BCUT2D eigenvalue weighted by Crippen LogP contribution is 2.26. The Morgan fingerprint density at radius 3 is 3.11 bits per heavy atom. The number of carbonyl (C=O) groups excluding carboxylic acids is 1. The van der Waals surface area contributed by atoms with Crippen LogP contribution in [0, 0.1) is 0 Å². The van der Waals surface area contributed by atoms with Gasteiger partial charge >= 0.3 is 0 Å². The van der Waals surface area contributed by atoms with Crippen LogP contribution in [-0.2, 0) is 16.0 Å². The molecule has 0 bridgehead atoms. The minimum absolute atomic E-state index is 0.278. The summed E-state index contributed by atoms with van der Waals surface area (Å²) in [5.74, 6) is 0.246. The van der Waals surface area contributed by atoms with Gasteiger partial charge in [0.1, 0.15) is 23.3 Å². The summed E-state index contributed by atoms with van der Waals surface area (Å²) in [5.41, 5.74) is 6.21. The summed E-state index contributed by atoms with van der Waals surface area (Å²) < 4.78 is 5.28. The highest BCUT2D eigenvalue weighted by atomic mass is 35.5. The second-order valence-electron chi connectivity index (χ2n) is 4.01. The number of aromatic nitrogens is 2. The molecule has 1 fully saturated rings. The molecule has 6 nitrogen and oxygen atoms in total. The lowest BCUT2D eigenvalue weighted by molar-refractivity contribution is -0.121. The zero-order valence-corrected chi connectivity index (χ0v) is 10.9. The van der Waals surface area contributed by atoms with E-state index >= 15 is 0 Å². The van der Waals surface area contributed by atoms with Crippen LogP contribution in [0.1, 0.15) is 12.5 Å². The molecular weight excluding hydrogens is 256 g/mol. The molecule has 0 saturated carbocycles. The van der Waals surface area contributed by atoms with E-state index in [1.54, 1.807) is 0 Å². The first-order chi connectivity index (χ1) is 8.65. The minimum atomic E-state index is -0.505. The first kappa shape index (κ1) is 13.0. The number of halogens is 1. The van der Waals surface area contributed by atoms with Crippen molar-refractivity contribution >= 4 is 23.3 Å². The zero-order valence-electron chi connectivity index (χ0n) is 10.1. The second kappa shape index (κ2) is 5.49. The third-order valence-corrected chi connectivity index (χ3v) is 3.28. The molecule has 2 heterocycles. The summed E-state index contributed by atoms with van der Waals surface area (Å²) in [6.45, 7) is 3.34. The van der Waals surface area contributed by atoms with Gasteiger partial charge in [0.05, 0.1) is 13.2 Å². The SMILES string of the molecule is CCc1c(Cl)ncnc1N1CCOCC1C(N)=O. The molecule has 0 radical (unpaired) electrons. The maximum atomic E-state index is 11.4. The van der Waals surface area contributed by atoms with Crippen molar-refractivity contribution in [1.82, 2.24) is 9.97 Å². The van der Waals surface area contributed by atoms with Gasteiger partial charge in [0.25, 0.3) is 0 Å². The van der Waals surface area contributed by atoms with Crippen LogP contribution in [0.5, 0.6) is 0 Å². The summed E-state index contributed by atoms with van der Waals surface area (Å²) >= 11 is 6.05. The van der Waals surface area contributed by atoms with Crippen LogP contribution in [0.25, 0.3) is 0 Å². The monoisotopic (exact) mass is 270 g/mol. The van der Waals surface area contributed by atoms with Gasteiger partial charge in [-0.3, -0.25) is 4.79 Å². The minimum Gasteiger partial charge on any atom is -0.377 e. The number of nitrogens with zero attached hydrogens (tertiary/aromatic N) is 3. The van der Waals surface area contributed by atoms with Gasteiger partial charge in [0, 0.05) is 12.1 Å². The number of rotatable bonds is 3. The van der Waals surface area contributed by atoms with Crippen LogP contribution >= 0.6 is 11.6 Å². The highest BCUT2D eigenvalue weighted by molar-refractivity contribution is 6.30. The zero-order chi connectivity index (χ0) is 13.1. The van der Waals surface area contributed by atoms with Gasteiger partial charge in [0.2, 0.25) is 5.91 Å². The summed E-state index contributed by atoms with van der Waals surface area (Å²) in [5, 5.41) is 0.414. The third-order valence-electron chi connectivity index (χ3n) is 2.95. The largest absolute Gasteiger partial charge is 0.377 e. The summed E-state index contributed by atoms with van der Waals surface area (Å²) in [4.78, 5) is 21.5. The van der Waals surface area contributed by atoms with E-state index in [1.807, 2.05) is 11.8 Å². The van der Waals surface area contributed by atoms with Crippen LogP contribution in [0.3, 0.4) is 0 Å². The van der Waals surface area contributed by atoms with Crippen LogP contribution in [-0.4, -0.2) is 41.7 Å². The lowest BCUT2D eigenvalue weighted by atomic mass is 10.1. The van der Waals surface area contributed by atoms with Gasteiger partial charge in [-0.2, -0.15) is 0 Å². The molecule has 2 rings (SSSR count). The number of ether oxygens (including phenoxy) is 1. The van der Waals surface area contributed by atoms with Crippen molar-refractivity contribution in [3.05, 3.63) is 17.0 Å². The molecule has 2 N–H and O–H groups in total. The molecule has 1 aliphatic rings. The molecule has 7 heteroatoms. The van der Waals surface area contributed by atoms with Crippen molar-refractivity contribution in [1.29, 1.82) is 0 Å². The molecule has 18 heavy (non-hydrogen) atoms. The van der Waals surface area contributed by atoms with Gasteiger partial charge in [-0.25, -0.2) is 9.97 Å². The fourth-order valence-corrected chi connectivity index (χ4v) is 2.29. The number of primary amides is 1. The Bertz CT molecular complexity index is 455. The maximum absolute atomic E-state index is 11.4. The Morgan fingerprint density at radius 1 is 1.67 bits per heavy atom. The number of anilines is 1. The maximum Gasteiger partial charge on any atom is 0.242 e. The van der Waals surface area contributed by atoms with E-state index in [0.29, 0.717) is 30.5 Å². The lowest BCUT2D eigenvalue weighted by Gasteiger charge is -2.35. The number of amides is 1. The van der Waals surface area contributed by atoms with Crippen LogP contribution < -0.4 is 10.6 Å². The molecule has 1 amide bonds. The highest BCUT2D eigenvalue weighted by Gasteiger charge is 2.30. The molecule has 1 aromatic rings. The molecule has 98 valence electrons. The number of morpholine rings is 1. The van der Waals surface area contributed by atoms with E-state index in [2.05, 4.69) is 9.97 Å². The number of carbonyl (C=O) groups is 1. The average molecular weight is 271 g/mol. The van der Waals surface area contributed by atoms with Crippen LogP contribution in [0.2, 0.25) is 5.15 Å². The molecule has 0 spiro atoms. The van der Waals surface area contributed by atoms with Gasteiger partial charge in [-0.15, -0.1) is 0 Å². The predicted octanol–water partition coefficient (Wildman–Crippen LogP) is 0.383. The molecule has 1 atom stereocenters. The second-order valence-corrected chi connectivity index (χ2v) is 4.36. The van der Waals surface area contributed by atoms with E-state index in [0.717, 1.165) is 5.56 Å². The molecule has 0 aliphatic carbocycles. The van der Waals surface area contributed by atoms with Gasteiger partial charge in [-0.1, -0.05) is 18.5 Å². The van der Waals surface area contributed by atoms with E-state index in [9.17, 15) is 4.79 Å². The normalized spacial score (nSPS) is 19.9. The average Bonchev–Trinajstić information content (AvgIpc) is 2.38. The van der Waals surface area contributed by atoms with Gasteiger partial charge in [-0.05, 0) is 6.42 Å². The topological polar surface area (TPSA) is 81.3 Å². The Labute approximate surface area is 110 Å². The first-order valence-corrected chi connectivity index (χ1v) is 6.16. The Kier molecular flexibility index (Phi) is 3.98. The van der Waals surface area contributed by atoms with Crippen LogP contribution in [0.15, 0.2) is 6.33 Å². The quantitative estimate of drug-likeness (QED) is 0.803. The van der Waals surface area contributed by atoms with E-state index in [-0.39, 0.29) is 6.61 Å². The van der Waals surface area contributed by atoms with Crippen molar-refractivity contribution in [2.75, 3.05) is 24.7 Å². The molecule has 1 aliphatic heterocycles. The Balaban J connectivity index is 2.39. The van der Waals surface area contributed by atoms with Gasteiger partial charge < -0.3 is 15.4 Å². The lowest BCUT2D eigenvalue weighted by Crippen LogP contribution is -2.53. The van der Waals surface area contributed by atoms with Crippen molar-refractivity contribution < 1.29 is 9.53 Å². The first-order valence-electron chi connectivity index (χ1n) is 5.78. The molecular formula is C11H15ClN4O2. The Hall–Kier alpha value is -1.40. The standard InChI is InChI=1S/C11H15ClN4O2/c1-2-7-9(12)14-6-15-11(7)16-3-4-18-5-8(16)10(13)17/h6,8H,2-5H2,1H3,(H2,13,17). The van der Waals surface area contributed by atoms with E-state index in [1.165, 1.54) is 6.33 Å². The molecule has 0 aromatic carbocycles. The summed E-state index contributed by atoms with van der Waals surface area (Å²) in [7, 11) is 0. The van der Waals surface area contributed by atoms with Crippen molar-refractivity contribution in [2.24, 2.45) is 5.73 Å². The van der Waals surface area contributed by atoms with Gasteiger partial charge in [0.15, 0.2) is 0 Å². The fraction of sp³-hybridized carbons (Fsp3) is 0.545. The number of nitrogens with two attached hydrogens (primary N) is 1. The van der Waals surface area contributed by atoms with Crippen molar-refractivity contribution in [2.45, 2.75) is 19.4 Å². The van der Waals surface area contributed by atoms with E-state index in [4.69, 9.17) is 22.1 Å². The Morgan fingerprint density at radius 2 is 2.44 bits per heavy atom. The van der Waals surface area contributed by atoms with Crippen molar-refractivity contribution in [3.8, 4) is 0 Å². The predicted molar refractivity (Wildman–Crippen MR) is 67.6 cm³/mol. The smallest absolute Gasteiger partial charge is 0.242 e. The molecule has 1 saturated heterocycles. The molecule has 1 unspecified atom stereocenters. The molecule has 1 aromatic heterocycles. The van der Waals surface area contributed by atoms with E-state index < -0.39 is 11.9 Å². The number of hydrogen-bond acceptors (Lipinski definition) is 5.